The molecule has 3 N–H and O–H groups in total. The van der Waals surface area contributed by atoms with E-state index in [1.54, 1.807) is 17.9 Å². The van der Waals surface area contributed by atoms with Gasteiger partial charge in [0.05, 0.1) is 40.2 Å². The van der Waals surface area contributed by atoms with Crippen molar-refractivity contribution in [2.45, 2.75) is 19.3 Å². The molecule has 0 fully saturated rings. The lowest BCUT2D eigenvalue weighted by molar-refractivity contribution is -0.385. The number of carboxylic acids is 1. The maximum Gasteiger partial charge on any atom is 0.352 e. The molecule has 3 aromatic carbocycles. The third-order valence-electron chi connectivity index (χ3n) is 6.60. The van der Waals surface area contributed by atoms with Crippen LogP contribution in [0.3, 0.4) is 0 Å². The first-order valence-corrected chi connectivity index (χ1v) is 14.2. The molecule has 0 aliphatic heterocycles. The average Bonchev–Trinajstić information content (AvgIpc) is 3.70. The molecule has 0 aliphatic rings. The summed E-state index contributed by atoms with van der Waals surface area (Å²) in [5.74, 6) is -0.629. The molecule has 0 saturated carbocycles. The highest BCUT2D eigenvalue weighted by Crippen LogP contribution is 2.39. The number of benzene rings is 3. The second-order valence-corrected chi connectivity index (χ2v) is 10.5. The van der Waals surface area contributed by atoms with E-state index in [0.29, 0.717) is 29.4 Å². The van der Waals surface area contributed by atoms with Crippen molar-refractivity contribution in [3.63, 3.8) is 0 Å². The van der Waals surface area contributed by atoms with E-state index >= 15 is 0 Å². The maximum absolute atomic E-state index is 12.0. The van der Waals surface area contributed by atoms with E-state index < -0.39 is 10.9 Å². The van der Waals surface area contributed by atoms with Crippen molar-refractivity contribution in [3.8, 4) is 33.1 Å². The second-order valence-electron chi connectivity index (χ2n) is 9.49. The topological polar surface area (TPSA) is 178 Å². The number of aryl methyl sites for hydroxylation is 1. The lowest BCUT2D eigenvalue weighted by atomic mass is 10.1. The number of carbonyl (C=O) groups is 1. The van der Waals surface area contributed by atoms with Gasteiger partial charge in [0.1, 0.15) is 11.5 Å². The van der Waals surface area contributed by atoms with Crippen molar-refractivity contribution in [2.24, 2.45) is 5.10 Å². The Labute approximate surface area is 255 Å². The molecular formula is C30H27N7O6S. The van der Waals surface area contributed by atoms with Gasteiger partial charge in [-0.2, -0.15) is 5.10 Å². The van der Waals surface area contributed by atoms with Gasteiger partial charge in [-0.1, -0.05) is 46.9 Å². The van der Waals surface area contributed by atoms with Crippen LogP contribution in [-0.4, -0.2) is 60.5 Å². The summed E-state index contributed by atoms with van der Waals surface area (Å²) in [6.45, 7) is 0.0856. The molecule has 14 heteroatoms. The van der Waals surface area contributed by atoms with Crippen molar-refractivity contribution in [3.05, 3.63) is 100 Å². The minimum Gasteiger partial charge on any atom is -0.497 e. The van der Waals surface area contributed by atoms with Gasteiger partial charge >= 0.3 is 5.97 Å². The summed E-state index contributed by atoms with van der Waals surface area (Å²) < 4.78 is 6.96. The van der Waals surface area contributed by atoms with Crippen LogP contribution >= 0.6 is 11.3 Å². The number of rotatable bonds is 13. The zero-order valence-corrected chi connectivity index (χ0v) is 24.3. The molecule has 224 valence electrons. The molecule has 13 nitrogen and oxygen atoms in total. The number of aliphatic hydroxyl groups excluding tert-OH is 1. The van der Waals surface area contributed by atoms with Crippen molar-refractivity contribution < 1.29 is 24.7 Å². The molecule has 0 atom stereocenters. The van der Waals surface area contributed by atoms with Crippen molar-refractivity contribution in [2.75, 3.05) is 19.1 Å². The molecule has 0 aliphatic carbocycles. The first-order valence-electron chi connectivity index (χ1n) is 13.4. The monoisotopic (exact) mass is 613 g/mol. The van der Waals surface area contributed by atoms with Gasteiger partial charge in [0, 0.05) is 30.2 Å². The lowest BCUT2D eigenvalue weighted by Gasteiger charge is -2.06. The molecule has 44 heavy (non-hydrogen) atoms. The Kier molecular flexibility index (Phi) is 9.32. The van der Waals surface area contributed by atoms with Gasteiger partial charge in [-0.3, -0.25) is 15.5 Å². The number of hydrazone groups is 1. The van der Waals surface area contributed by atoms with E-state index in [4.69, 9.17) is 14.8 Å². The average molecular weight is 614 g/mol. The van der Waals surface area contributed by atoms with Crippen LogP contribution in [0.15, 0.2) is 84.1 Å². The molecule has 0 radical (unpaired) electrons. The van der Waals surface area contributed by atoms with Crippen LogP contribution in [0, 0.1) is 10.1 Å². The number of methoxy groups -OCH3 is 1. The van der Waals surface area contributed by atoms with E-state index in [9.17, 15) is 20.0 Å². The number of ether oxygens (including phenoxy) is 1. The number of nitro groups is 1. The molecule has 0 spiro atoms. The van der Waals surface area contributed by atoms with Crippen LogP contribution in [0.5, 0.6) is 5.75 Å². The highest BCUT2D eigenvalue weighted by atomic mass is 32.1. The van der Waals surface area contributed by atoms with Crippen LogP contribution in [0.25, 0.3) is 27.4 Å². The summed E-state index contributed by atoms with van der Waals surface area (Å²) >= 11 is 1.28. The van der Waals surface area contributed by atoms with E-state index in [1.807, 2.05) is 54.7 Å². The molecule has 0 amide bonds. The fourth-order valence-electron chi connectivity index (χ4n) is 4.37. The number of nitro benzene ring substituents is 1. The number of aromatic nitrogens is 4. The predicted molar refractivity (Wildman–Crippen MR) is 165 cm³/mol. The Morgan fingerprint density at radius 3 is 2.50 bits per heavy atom. The number of thiazole rings is 1. The Morgan fingerprint density at radius 2 is 1.82 bits per heavy atom. The SMILES string of the molecule is COc1ccc(-c2nc(NN=C(Cc3ccccc3[N+](=O)[O-])C(=O)O)sc2-c2ccc(-n3cc(CCCO)nn3)cc2)cc1. The summed E-state index contributed by atoms with van der Waals surface area (Å²) in [6, 6.07) is 21.0. The zero-order chi connectivity index (χ0) is 31.1. The molecule has 5 aromatic rings. The maximum atomic E-state index is 12.0. The number of nitrogens with zero attached hydrogens (tertiary/aromatic N) is 6. The Hall–Kier alpha value is -5.47. The fraction of sp³-hybridized carbons (Fsp3) is 0.167. The number of nitrogens with one attached hydrogen (secondary N) is 1. The van der Waals surface area contributed by atoms with E-state index in [-0.39, 0.29) is 30.0 Å². The number of carboxylic acid groups (broad SMARTS) is 1. The van der Waals surface area contributed by atoms with Gasteiger partial charge in [-0.25, -0.2) is 14.5 Å². The third-order valence-corrected chi connectivity index (χ3v) is 7.61. The molecular weight excluding hydrogens is 586 g/mol. The minimum absolute atomic E-state index is 0.0856. The van der Waals surface area contributed by atoms with Gasteiger partial charge in [0.15, 0.2) is 0 Å². The largest absolute Gasteiger partial charge is 0.497 e. The summed E-state index contributed by atoms with van der Waals surface area (Å²) in [7, 11) is 1.58. The second kappa shape index (κ2) is 13.7. The first kappa shape index (κ1) is 30.0. The van der Waals surface area contributed by atoms with Gasteiger partial charge < -0.3 is 14.9 Å². The van der Waals surface area contributed by atoms with Gasteiger partial charge in [0.2, 0.25) is 5.13 Å². The molecule has 2 heterocycles. The number of aliphatic carboxylic acids is 1. The van der Waals surface area contributed by atoms with Crippen molar-refractivity contribution in [1.29, 1.82) is 0 Å². The number of aliphatic hydroxyl groups is 1. The highest BCUT2D eigenvalue weighted by Gasteiger charge is 2.20. The summed E-state index contributed by atoms with van der Waals surface area (Å²) in [4.78, 5) is 28.4. The summed E-state index contributed by atoms with van der Waals surface area (Å²) in [6.07, 6.45) is 2.81. The van der Waals surface area contributed by atoms with Crippen LogP contribution < -0.4 is 10.2 Å². The first-order chi connectivity index (χ1) is 21.4. The highest BCUT2D eigenvalue weighted by molar-refractivity contribution is 7.19. The summed E-state index contributed by atoms with van der Waals surface area (Å²) in [5, 5.41) is 43.0. The van der Waals surface area contributed by atoms with E-state index in [1.165, 1.54) is 29.5 Å². The van der Waals surface area contributed by atoms with Crippen molar-refractivity contribution >= 4 is 33.8 Å². The normalized spacial score (nSPS) is 11.4. The lowest BCUT2D eigenvalue weighted by Crippen LogP contribution is -2.18. The van der Waals surface area contributed by atoms with Gasteiger partial charge in [0.25, 0.3) is 5.69 Å². The van der Waals surface area contributed by atoms with Gasteiger partial charge in [-0.15, -0.1) is 5.10 Å². The Balaban J connectivity index is 1.46. The van der Waals surface area contributed by atoms with Crippen LogP contribution in [0.1, 0.15) is 17.7 Å². The fourth-order valence-corrected chi connectivity index (χ4v) is 5.31. The number of hydrogen-bond donors (Lipinski definition) is 3. The number of anilines is 1. The quantitative estimate of drug-likeness (QED) is 0.0930. The molecule has 0 unspecified atom stereocenters. The molecule has 0 bridgehead atoms. The molecule has 5 rings (SSSR count). The smallest absolute Gasteiger partial charge is 0.352 e. The van der Waals surface area contributed by atoms with E-state index in [2.05, 4.69) is 20.8 Å². The number of hydrogen-bond acceptors (Lipinski definition) is 11. The van der Waals surface area contributed by atoms with Gasteiger partial charge in [-0.05, 0) is 54.8 Å². The predicted octanol–water partition coefficient (Wildman–Crippen LogP) is 4.99. The van der Waals surface area contributed by atoms with Crippen LogP contribution in [0.2, 0.25) is 0 Å². The zero-order valence-electron chi connectivity index (χ0n) is 23.5. The summed E-state index contributed by atoms with van der Waals surface area (Å²) in [5.41, 5.74) is 6.38. The van der Waals surface area contributed by atoms with E-state index in [0.717, 1.165) is 27.4 Å². The van der Waals surface area contributed by atoms with Crippen molar-refractivity contribution in [1.82, 2.24) is 20.0 Å². The van der Waals surface area contributed by atoms with Crippen LogP contribution in [0.4, 0.5) is 10.8 Å². The standard InChI is InChI=1S/C30H27N7O6S/c1-43-24-14-10-19(11-15-24)27-28(20-8-12-23(13-9-20)36-18-22(32-35-36)6-4-16-38)44-30(31-27)34-33-25(29(39)40)17-21-5-2-3-7-26(21)37(41)42/h2-3,5,7-15,18,38H,4,6,16-17H2,1H3,(H,31,34)(H,39,40). The third kappa shape index (κ3) is 6.94. The van der Waals surface area contributed by atoms with Crippen LogP contribution in [-0.2, 0) is 17.6 Å². The number of para-hydroxylation sites is 1. The molecule has 2 aromatic heterocycles. The molecule has 0 saturated heterocycles. The Morgan fingerprint density at radius 1 is 1.09 bits per heavy atom. The Bertz CT molecular complexity index is 1800. The minimum atomic E-state index is -1.31.